The van der Waals surface area contributed by atoms with Gasteiger partial charge in [-0.05, 0) is 57.4 Å². The zero-order valence-electron chi connectivity index (χ0n) is 22.0. The standard InChI is InChI=1S/C27H38F3N5O2/c1-20(2)35-11-9-25(21(18-35)7-8-26(36)32(3)19-23-10-16-37-31-23)34-14-12-33(13-15-34)24-6-4-5-22(17-24)27(28,29)30/h4-6,10,16-17,20-21,25H,7-9,11-15,18-19H2,1-3H3/t21-,25+/m1/s1. The highest BCUT2D eigenvalue weighted by molar-refractivity contribution is 5.75. The quantitative estimate of drug-likeness (QED) is 0.515. The number of hydrogen-bond acceptors (Lipinski definition) is 6. The first kappa shape index (κ1) is 27.4. The third-order valence-electron chi connectivity index (χ3n) is 7.82. The molecule has 0 unspecified atom stereocenters. The SMILES string of the molecule is CC(C)N1CC[C@H](N2CCN(c3cccc(C(F)(F)F)c3)CC2)[C@H](CCC(=O)N(C)Cc2ccon2)C1. The van der Waals surface area contributed by atoms with Gasteiger partial charge in [0.2, 0.25) is 5.91 Å². The third-order valence-corrected chi connectivity index (χ3v) is 7.82. The Kier molecular flexibility index (Phi) is 8.79. The van der Waals surface area contributed by atoms with E-state index >= 15 is 0 Å². The molecular formula is C27H38F3N5O2. The van der Waals surface area contributed by atoms with E-state index < -0.39 is 11.7 Å². The van der Waals surface area contributed by atoms with Crippen LogP contribution in [0.1, 0.15) is 44.4 Å². The van der Waals surface area contributed by atoms with E-state index in [4.69, 9.17) is 4.52 Å². The first-order valence-electron chi connectivity index (χ1n) is 13.2. The number of likely N-dealkylation sites (tertiary alicyclic amines) is 1. The maximum absolute atomic E-state index is 13.2. The van der Waals surface area contributed by atoms with E-state index in [1.807, 2.05) is 4.90 Å². The van der Waals surface area contributed by atoms with Crippen LogP contribution in [0.2, 0.25) is 0 Å². The minimum absolute atomic E-state index is 0.0952. The maximum Gasteiger partial charge on any atom is 0.416 e. The summed E-state index contributed by atoms with van der Waals surface area (Å²) in [5.74, 6) is 0.457. The Hall–Kier alpha value is -2.59. The Morgan fingerprint density at radius 3 is 2.57 bits per heavy atom. The average molecular weight is 522 g/mol. The molecular weight excluding hydrogens is 483 g/mol. The number of benzene rings is 1. The number of piperidine rings is 1. The van der Waals surface area contributed by atoms with Crippen LogP contribution in [0.15, 0.2) is 41.1 Å². The molecule has 1 aromatic carbocycles. The molecule has 2 fully saturated rings. The lowest BCUT2D eigenvalue weighted by Crippen LogP contribution is -2.57. The zero-order valence-corrected chi connectivity index (χ0v) is 22.0. The summed E-state index contributed by atoms with van der Waals surface area (Å²) in [6.07, 6.45) is -0.506. The first-order chi connectivity index (χ1) is 17.6. The number of rotatable bonds is 8. The van der Waals surface area contributed by atoms with Crippen molar-refractivity contribution >= 4 is 11.6 Å². The highest BCUT2D eigenvalue weighted by Crippen LogP contribution is 2.33. The zero-order chi connectivity index (χ0) is 26.6. The molecule has 7 nitrogen and oxygen atoms in total. The smallest absolute Gasteiger partial charge is 0.369 e. The van der Waals surface area contributed by atoms with Crippen LogP contribution in [0.25, 0.3) is 0 Å². The van der Waals surface area contributed by atoms with E-state index in [-0.39, 0.29) is 5.91 Å². The molecule has 2 aliphatic heterocycles. The van der Waals surface area contributed by atoms with Crippen molar-refractivity contribution in [3.63, 3.8) is 0 Å². The van der Waals surface area contributed by atoms with Gasteiger partial charge in [0.15, 0.2) is 0 Å². The van der Waals surface area contributed by atoms with Crippen molar-refractivity contribution in [3.8, 4) is 0 Å². The van der Waals surface area contributed by atoms with Gasteiger partial charge in [0, 0.05) is 70.0 Å². The highest BCUT2D eigenvalue weighted by atomic mass is 19.4. The molecule has 4 rings (SSSR count). The number of amides is 1. The lowest BCUT2D eigenvalue weighted by atomic mass is 9.86. The van der Waals surface area contributed by atoms with E-state index in [1.165, 1.54) is 18.4 Å². The monoisotopic (exact) mass is 521 g/mol. The Labute approximate surface area is 217 Å². The second-order valence-electron chi connectivity index (χ2n) is 10.6. The van der Waals surface area contributed by atoms with E-state index in [2.05, 4.69) is 28.8 Å². The number of piperazine rings is 1. The Bertz CT molecular complexity index is 1010. The Balaban J connectivity index is 1.36. The Morgan fingerprint density at radius 1 is 1.16 bits per heavy atom. The van der Waals surface area contributed by atoms with Crippen molar-refractivity contribution in [3.05, 3.63) is 47.9 Å². The molecule has 2 aromatic rings. The van der Waals surface area contributed by atoms with Crippen LogP contribution < -0.4 is 4.90 Å². The number of nitrogens with zero attached hydrogens (tertiary/aromatic N) is 5. The van der Waals surface area contributed by atoms with Gasteiger partial charge in [-0.3, -0.25) is 9.69 Å². The van der Waals surface area contributed by atoms with Crippen LogP contribution >= 0.6 is 0 Å². The Morgan fingerprint density at radius 2 is 1.92 bits per heavy atom. The van der Waals surface area contributed by atoms with Gasteiger partial charge in [0.1, 0.15) is 12.0 Å². The molecule has 10 heteroatoms. The summed E-state index contributed by atoms with van der Waals surface area (Å²) in [5.41, 5.74) is 0.754. The number of carbonyl (C=O) groups is 1. The number of carbonyl (C=O) groups excluding carboxylic acids is 1. The minimum Gasteiger partial charge on any atom is -0.369 e. The van der Waals surface area contributed by atoms with Crippen molar-refractivity contribution in [1.82, 2.24) is 19.9 Å². The molecule has 1 aromatic heterocycles. The van der Waals surface area contributed by atoms with E-state index in [0.29, 0.717) is 49.7 Å². The van der Waals surface area contributed by atoms with Crippen molar-refractivity contribution in [2.24, 2.45) is 5.92 Å². The molecule has 2 atom stereocenters. The van der Waals surface area contributed by atoms with Crippen LogP contribution in [0, 0.1) is 5.92 Å². The van der Waals surface area contributed by atoms with Crippen LogP contribution in [-0.4, -0.2) is 84.2 Å². The summed E-state index contributed by atoms with van der Waals surface area (Å²) in [5, 5.41) is 3.89. The van der Waals surface area contributed by atoms with Gasteiger partial charge >= 0.3 is 6.18 Å². The molecule has 0 spiro atoms. The largest absolute Gasteiger partial charge is 0.416 e. The summed E-state index contributed by atoms with van der Waals surface area (Å²) in [4.78, 5) is 21.6. The van der Waals surface area contributed by atoms with Gasteiger partial charge in [-0.2, -0.15) is 13.2 Å². The molecule has 0 saturated carbocycles. The highest BCUT2D eigenvalue weighted by Gasteiger charge is 2.36. The maximum atomic E-state index is 13.2. The second kappa shape index (κ2) is 11.9. The fourth-order valence-electron chi connectivity index (χ4n) is 5.62. The molecule has 2 aliphatic rings. The van der Waals surface area contributed by atoms with Crippen LogP contribution in [0.4, 0.5) is 18.9 Å². The summed E-state index contributed by atoms with van der Waals surface area (Å²) in [6, 6.07) is 8.20. The summed E-state index contributed by atoms with van der Waals surface area (Å²) < 4.78 is 44.4. The van der Waals surface area contributed by atoms with Crippen molar-refractivity contribution < 1.29 is 22.5 Å². The van der Waals surface area contributed by atoms with E-state index in [1.54, 1.807) is 24.1 Å². The summed E-state index contributed by atoms with van der Waals surface area (Å²) in [6.45, 7) is 9.82. The van der Waals surface area contributed by atoms with Gasteiger partial charge in [-0.25, -0.2) is 0 Å². The van der Waals surface area contributed by atoms with E-state index in [9.17, 15) is 18.0 Å². The van der Waals surface area contributed by atoms with Gasteiger partial charge < -0.3 is 19.2 Å². The first-order valence-corrected chi connectivity index (χ1v) is 13.2. The lowest BCUT2D eigenvalue weighted by Gasteiger charge is -2.48. The molecule has 0 N–H and O–H groups in total. The third kappa shape index (κ3) is 7.04. The molecule has 0 radical (unpaired) electrons. The van der Waals surface area contributed by atoms with Gasteiger partial charge in [0.05, 0.1) is 12.1 Å². The van der Waals surface area contributed by atoms with Crippen molar-refractivity contribution in [2.75, 3.05) is 51.2 Å². The molecule has 3 heterocycles. The van der Waals surface area contributed by atoms with Crippen molar-refractivity contribution in [1.29, 1.82) is 0 Å². The number of anilines is 1. The number of alkyl halides is 3. The minimum atomic E-state index is -4.34. The topological polar surface area (TPSA) is 56.1 Å². The van der Waals surface area contributed by atoms with Gasteiger partial charge in [-0.1, -0.05) is 11.2 Å². The van der Waals surface area contributed by atoms with Crippen LogP contribution in [-0.2, 0) is 17.5 Å². The fraction of sp³-hybridized carbons (Fsp3) is 0.630. The average Bonchev–Trinajstić information content (AvgIpc) is 3.40. The van der Waals surface area contributed by atoms with Crippen LogP contribution in [0.5, 0.6) is 0 Å². The molecule has 0 aliphatic carbocycles. The fourth-order valence-corrected chi connectivity index (χ4v) is 5.62. The molecule has 1 amide bonds. The molecule has 2 saturated heterocycles. The van der Waals surface area contributed by atoms with Crippen LogP contribution in [0.3, 0.4) is 0 Å². The second-order valence-corrected chi connectivity index (χ2v) is 10.6. The normalized spacial score (nSPS) is 22.0. The number of halogens is 3. The summed E-state index contributed by atoms with van der Waals surface area (Å²) in [7, 11) is 1.79. The van der Waals surface area contributed by atoms with Gasteiger partial charge in [-0.15, -0.1) is 0 Å². The lowest BCUT2D eigenvalue weighted by molar-refractivity contribution is -0.137. The molecule has 0 bridgehead atoms. The predicted octanol–water partition coefficient (Wildman–Crippen LogP) is 4.35. The van der Waals surface area contributed by atoms with Gasteiger partial charge in [0.25, 0.3) is 0 Å². The van der Waals surface area contributed by atoms with Crippen molar-refractivity contribution in [2.45, 2.75) is 57.9 Å². The van der Waals surface area contributed by atoms with E-state index in [0.717, 1.165) is 50.8 Å². The summed E-state index contributed by atoms with van der Waals surface area (Å²) >= 11 is 0. The molecule has 204 valence electrons. The predicted molar refractivity (Wildman–Crippen MR) is 136 cm³/mol. The number of aromatic nitrogens is 1. The molecule has 37 heavy (non-hydrogen) atoms. The number of hydrogen-bond donors (Lipinski definition) is 0.